The molecule has 0 atom stereocenters. The molecular weight excluding hydrogens is 427 g/mol. The van der Waals surface area contributed by atoms with Gasteiger partial charge in [-0.2, -0.15) is 0 Å². The van der Waals surface area contributed by atoms with Crippen LogP contribution >= 0.6 is 27.7 Å². The summed E-state index contributed by atoms with van der Waals surface area (Å²) in [5.41, 5.74) is 0.739. The van der Waals surface area contributed by atoms with E-state index in [4.69, 9.17) is 9.15 Å². The molecule has 1 saturated carbocycles. The Bertz CT molecular complexity index is 980. The minimum atomic E-state index is -0.699. The molecule has 136 valence electrons. The first-order chi connectivity index (χ1) is 12.6. The van der Waals surface area contributed by atoms with Crippen molar-refractivity contribution in [2.45, 2.75) is 42.4 Å². The summed E-state index contributed by atoms with van der Waals surface area (Å²) in [7, 11) is 0. The van der Waals surface area contributed by atoms with Crippen LogP contribution in [0.15, 0.2) is 41.6 Å². The van der Waals surface area contributed by atoms with Crippen molar-refractivity contribution in [2.24, 2.45) is 0 Å². The zero-order valence-electron chi connectivity index (χ0n) is 13.5. The first kappa shape index (κ1) is 17.5. The molecule has 1 aliphatic rings. The number of hydrogen-bond donors (Lipinski definition) is 0. The fourth-order valence-electron chi connectivity index (χ4n) is 2.99. The van der Waals surface area contributed by atoms with Gasteiger partial charge < -0.3 is 0 Å². The first-order valence-corrected chi connectivity index (χ1v) is 9.84. The third-order valence-electron chi connectivity index (χ3n) is 4.27. The van der Waals surface area contributed by atoms with Crippen molar-refractivity contribution < 1.29 is 13.5 Å². The highest BCUT2D eigenvalue weighted by molar-refractivity contribution is 9.10. The predicted molar refractivity (Wildman–Crippen MR) is 95.8 cm³/mol. The van der Waals surface area contributed by atoms with Gasteiger partial charge in [-0.15, -0.1) is 0 Å². The molecule has 10 heteroatoms. The Morgan fingerprint density at radius 1 is 1.19 bits per heavy atom. The Balaban J connectivity index is 1.72. The van der Waals surface area contributed by atoms with Gasteiger partial charge in [0.15, 0.2) is 10.7 Å². The van der Waals surface area contributed by atoms with Crippen molar-refractivity contribution in [3.05, 3.63) is 39.0 Å². The number of aromatic nitrogens is 4. The van der Waals surface area contributed by atoms with Gasteiger partial charge in [-0.25, -0.2) is 18.4 Å². The van der Waals surface area contributed by atoms with E-state index >= 15 is 0 Å². The molecule has 0 saturated heterocycles. The molecule has 0 amide bonds. The van der Waals surface area contributed by atoms with Gasteiger partial charge in [0.05, 0.1) is 10.2 Å². The smallest absolute Gasteiger partial charge is 0.295 e. The molecule has 26 heavy (non-hydrogen) atoms. The monoisotopic (exact) mass is 440 g/mol. The third-order valence-corrected chi connectivity index (χ3v) is 6.17. The Morgan fingerprint density at radius 2 is 2.00 bits per heavy atom. The first-order valence-electron chi connectivity index (χ1n) is 8.17. The van der Waals surface area contributed by atoms with Gasteiger partial charge in [0.1, 0.15) is 5.82 Å². The van der Waals surface area contributed by atoms with Crippen molar-refractivity contribution >= 4 is 27.7 Å². The molecule has 1 aliphatic carbocycles. The van der Waals surface area contributed by atoms with Gasteiger partial charge in [-0.3, -0.25) is 4.52 Å². The van der Waals surface area contributed by atoms with Crippen LogP contribution in [0.3, 0.4) is 0 Å². The summed E-state index contributed by atoms with van der Waals surface area (Å²) in [5, 5.41) is 12.7. The summed E-state index contributed by atoms with van der Waals surface area (Å²) in [5.74, 6) is -0.959. The molecule has 4 rings (SSSR count). The number of hydrogen-bond acceptors (Lipinski definition) is 7. The zero-order chi connectivity index (χ0) is 18.1. The van der Waals surface area contributed by atoms with Crippen molar-refractivity contribution in [2.75, 3.05) is 0 Å². The van der Waals surface area contributed by atoms with Crippen LogP contribution in [-0.4, -0.2) is 25.3 Å². The van der Waals surface area contributed by atoms with Crippen LogP contribution in [0.4, 0.5) is 4.39 Å². The number of benzene rings is 1. The largest absolute Gasteiger partial charge is 0.446 e. The zero-order valence-corrected chi connectivity index (χ0v) is 15.9. The van der Waals surface area contributed by atoms with Crippen molar-refractivity contribution in [1.29, 1.82) is 0 Å². The van der Waals surface area contributed by atoms with Crippen molar-refractivity contribution in [1.82, 2.24) is 20.0 Å². The van der Waals surface area contributed by atoms with Crippen LogP contribution in [0.1, 0.15) is 32.1 Å². The van der Waals surface area contributed by atoms with E-state index in [1.807, 2.05) is 0 Å². The lowest BCUT2D eigenvalue weighted by atomic mass is 10.0. The van der Waals surface area contributed by atoms with E-state index in [2.05, 4.69) is 31.4 Å². The maximum Gasteiger partial charge on any atom is 0.446 e. The highest BCUT2D eigenvalue weighted by Crippen LogP contribution is 2.36. The van der Waals surface area contributed by atoms with Gasteiger partial charge in [0, 0.05) is 5.25 Å². The minimum Gasteiger partial charge on any atom is -0.295 e. The van der Waals surface area contributed by atoms with Gasteiger partial charge in [-0.1, -0.05) is 36.2 Å². The Labute approximate surface area is 160 Å². The van der Waals surface area contributed by atoms with Crippen molar-refractivity contribution in [3.63, 3.8) is 0 Å². The molecule has 1 fully saturated rings. The SMILES string of the molecule is O=c1onc(-c2nonc2SC2CCCCC2)n1-c1ccc(F)c(Br)c1. The van der Waals surface area contributed by atoms with E-state index in [0.29, 0.717) is 21.7 Å². The van der Waals surface area contributed by atoms with Crippen molar-refractivity contribution in [3.8, 4) is 17.2 Å². The Hall–Kier alpha value is -1.94. The highest BCUT2D eigenvalue weighted by atomic mass is 79.9. The van der Waals surface area contributed by atoms with E-state index < -0.39 is 11.6 Å². The van der Waals surface area contributed by atoms with Crippen LogP contribution in [0.2, 0.25) is 0 Å². The lowest BCUT2D eigenvalue weighted by Gasteiger charge is -2.19. The van der Waals surface area contributed by atoms with E-state index in [1.165, 1.54) is 42.0 Å². The van der Waals surface area contributed by atoms with Gasteiger partial charge in [-0.05, 0) is 57.3 Å². The fraction of sp³-hybridized carbons (Fsp3) is 0.375. The maximum atomic E-state index is 13.5. The molecule has 2 aromatic heterocycles. The molecule has 0 N–H and O–H groups in total. The number of rotatable bonds is 4. The molecule has 0 spiro atoms. The quantitative estimate of drug-likeness (QED) is 0.600. The van der Waals surface area contributed by atoms with Gasteiger partial charge >= 0.3 is 5.76 Å². The van der Waals surface area contributed by atoms with Crippen LogP contribution in [0.25, 0.3) is 17.2 Å². The summed E-state index contributed by atoms with van der Waals surface area (Å²) in [4.78, 5) is 12.2. The van der Waals surface area contributed by atoms with Crippen LogP contribution < -0.4 is 5.76 Å². The summed E-state index contributed by atoms with van der Waals surface area (Å²) < 4.78 is 24.7. The van der Waals surface area contributed by atoms with Crippen LogP contribution in [0.5, 0.6) is 0 Å². The molecule has 3 aromatic rings. The number of halogens is 2. The normalized spacial score (nSPS) is 15.5. The fourth-order valence-corrected chi connectivity index (χ4v) is 4.55. The summed E-state index contributed by atoms with van der Waals surface area (Å²) >= 11 is 4.70. The topological polar surface area (TPSA) is 86.9 Å². The van der Waals surface area contributed by atoms with E-state index in [0.717, 1.165) is 12.8 Å². The van der Waals surface area contributed by atoms with Crippen LogP contribution in [-0.2, 0) is 0 Å². The standard InChI is InChI=1S/C16H14BrFN4O3S/c17-11-8-9(6-7-12(11)18)22-14(20-24-16(22)23)13-15(21-25-19-13)26-10-4-2-1-3-5-10/h6-8,10H,1-5H2. The molecule has 7 nitrogen and oxygen atoms in total. The second-order valence-corrected chi connectivity index (χ2v) is 8.15. The second-order valence-electron chi connectivity index (χ2n) is 6.00. The Kier molecular flexibility index (Phi) is 4.94. The molecule has 1 aromatic carbocycles. The molecule has 0 aliphatic heterocycles. The van der Waals surface area contributed by atoms with E-state index in [1.54, 1.807) is 11.8 Å². The maximum absolute atomic E-state index is 13.5. The average Bonchev–Trinajstić information content (AvgIpc) is 3.24. The van der Waals surface area contributed by atoms with E-state index in [-0.39, 0.29) is 10.3 Å². The van der Waals surface area contributed by atoms with E-state index in [9.17, 15) is 9.18 Å². The molecule has 2 heterocycles. The summed E-state index contributed by atoms with van der Waals surface area (Å²) in [6, 6.07) is 4.18. The Morgan fingerprint density at radius 3 is 2.77 bits per heavy atom. The highest BCUT2D eigenvalue weighted by Gasteiger charge is 2.26. The third kappa shape index (κ3) is 3.35. The predicted octanol–water partition coefficient (Wildman–Crippen LogP) is 4.20. The number of thioether (sulfide) groups is 1. The lowest BCUT2D eigenvalue weighted by molar-refractivity contribution is 0.299. The number of nitrogens with zero attached hydrogens (tertiary/aromatic N) is 4. The molecule has 0 unspecified atom stereocenters. The van der Waals surface area contributed by atoms with Gasteiger partial charge in [0.25, 0.3) is 0 Å². The minimum absolute atomic E-state index is 0.174. The van der Waals surface area contributed by atoms with Crippen LogP contribution in [0, 0.1) is 5.82 Å². The lowest BCUT2D eigenvalue weighted by Crippen LogP contribution is -2.14. The molecular formula is C16H14BrFN4O3S. The van der Waals surface area contributed by atoms with Gasteiger partial charge in [0.2, 0.25) is 5.82 Å². The average molecular weight is 441 g/mol. The molecule has 0 radical (unpaired) electrons. The second kappa shape index (κ2) is 7.36. The summed E-state index contributed by atoms with van der Waals surface area (Å²) in [6.07, 6.45) is 5.84. The molecule has 0 bridgehead atoms. The summed E-state index contributed by atoms with van der Waals surface area (Å²) in [6.45, 7) is 0.